The number of aromatic nitrogens is 2. The summed E-state index contributed by atoms with van der Waals surface area (Å²) in [4.78, 5) is 6.78. The number of H-pyrrole nitrogens is 1. The van der Waals surface area contributed by atoms with Crippen molar-refractivity contribution in [3.8, 4) is 0 Å². The first kappa shape index (κ1) is 13.0. The minimum atomic E-state index is -3.81. The van der Waals surface area contributed by atoms with E-state index in [0.29, 0.717) is 11.0 Å². The normalized spacial score (nSPS) is 12.4. The third-order valence-electron chi connectivity index (χ3n) is 2.47. The van der Waals surface area contributed by atoms with E-state index < -0.39 is 29.3 Å². The number of nitrogens with one attached hydrogen (secondary N) is 2. The smallest absolute Gasteiger partial charge is 0.243 e. The van der Waals surface area contributed by atoms with Crippen LogP contribution in [0.5, 0.6) is 0 Å². The van der Waals surface area contributed by atoms with Gasteiger partial charge in [-0.25, -0.2) is 18.1 Å². The third kappa shape index (κ3) is 2.36. The van der Waals surface area contributed by atoms with Crippen LogP contribution in [0.25, 0.3) is 11.0 Å². The van der Waals surface area contributed by atoms with Gasteiger partial charge in [-0.05, 0) is 12.1 Å². The highest BCUT2D eigenvalue weighted by atomic mass is 32.2. The van der Waals surface area contributed by atoms with Crippen molar-refractivity contribution in [2.45, 2.75) is 10.9 Å². The van der Waals surface area contributed by atoms with Crippen LogP contribution in [0.15, 0.2) is 29.4 Å². The van der Waals surface area contributed by atoms with E-state index in [1.165, 1.54) is 6.20 Å². The second kappa shape index (κ2) is 5.02. The van der Waals surface area contributed by atoms with E-state index in [4.69, 9.17) is 10.2 Å². The van der Waals surface area contributed by atoms with Gasteiger partial charge in [0.15, 0.2) is 0 Å². The van der Waals surface area contributed by atoms with Crippen molar-refractivity contribution in [1.82, 2.24) is 14.7 Å². The van der Waals surface area contributed by atoms with Gasteiger partial charge in [0, 0.05) is 17.8 Å². The highest BCUT2D eigenvalue weighted by molar-refractivity contribution is 7.89. The number of pyridine rings is 1. The molecule has 0 amide bonds. The van der Waals surface area contributed by atoms with Crippen LogP contribution in [-0.2, 0) is 10.0 Å². The number of aliphatic hydroxyl groups excluding tert-OH is 2. The first-order chi connectivity index (χ1) is 8.58. The van der Waals surface area contributed by atoms with Crippen LogP contribution in [0, 0.1) is 0 Å². The molecule has 0 saturated carbocycles. The van der Waals surface area contributed by atoms with E-state index in [1.54, 1.807) is 18.3 Å². The number of fused-ring (bicyclic) bond motifs is 1. The van der Waals surface area contributed by atoms with Gasteiger partial charge in [-0.2, -0.15) is 0 Å². The van der Waals surface area contributed by atoms with E-state index in [0.717, 1.165) is 0 Å². The summed E-state index contributed by atoms with van der Waals surface area (Å²) < 4.78 is 26.3. The maximum Gasteiger partial charge on any atom is 0.243 e. The molecule has 2 aromatic rings. The second-order valence-corrected chi connectivity index (χ2v) is 5.42. The summed E-state index contributed by atoms with van der Waals surface area (Å²) in [5, 5.41) is 18.2. The molecule has 0 aromatic carbocycles. The average molecular weight is 271 g/mol. The third-order valence-corrected chi connectivity index (χ3v) is 4.03. The topological polar surface area (TPSA) is 115 Å². The summed E-state index contributed by atoms with van der Waals surface area (Å²) in [5.74, 6) is 0. The van der Waals surface area contributed by atoms with Crippen molar-refractivity contribution in [2.75, 3.05) is 13.2 Å². The standard InChI is InChI=1S/C10H13N3O4S/c14-5-7(6-15)13-18(16,17)9-4-12-10-8(9)2-1-3-11-10/h1-4,7,13-15H,5-6H2,(H,11,12). The molecule has 98 valence electrons. The fourth-order valence-electron chi connectivity index (χ4n) is 1.57. The summed E-state index contributed by atoms with van der Waals surface area (Å²) in [5.41, 5.74) is 0.461. The maximum absolute atomic E-state index is 12.1. The summed E-state index contributed by atoms with van der Waals surface area (Å²) in [6.45, 7) is -0.952. The molecule has 0 bridgehead atoms. The number of sulfonamides is 1. The zero-order valence-electron chi connectivity index (χ0n) is 9.37. The number of hydrogen-bond acceptors (Lipinski definition) is 5. The van der Waals surface area contributed by atoms with E-state index in [2.05, 4.69) is 14.7 Å². The Morgan fingerprint density at radius 3 is 2.78 bits per heavy atom. The van der Waals surface area contributed by atoms with Gasteiger partial charge in [0.25, 0.3) is 0 Å². The van der Waals surface area contributed by atoms with Gasteiger partial charge >= 0.3 is 0 Å². The van der Waals surface area contributed by atoms with Gasteiger partial charge in [-0.15, -0.1) is 0 Å². The molecule has 0 fully saturated rings. The molecule has 0 aliphatic rings. The molecular weight excluding hydrogens is 258 g/mol. The molecule has 8 heteroatoms. The largest absolute Gasteiger partial charge is 0.395 e. The van der Waals surface area contributed by atoms with Crippen molar-refractivity contribution in [1.29, 1.82) is 0 Å². The van der Waals surface area contributed by atoms with E-state index >= 15 is 0 Å². The molecular formula is C10H13N3O4S. The molecule has 2 heterocycles. The second-order valence-electron chi connectivity index (χ2n) is 3.74. The quantitative estimate of drug-likeness (QED) is 0.568. The molecule has 7 nitrogen and oxygen atoms in total. The Labute approximate surface area is 104 Å². The molecule has 0 saturated heterocycles. The SMILES string of the molecule is O=S(=O)(NC(CO)CO)c1c[nH]c2ncccc12. The molecule has 0 unspecified atom stereocenters. The highest BCUT2D eigenvalue weighted by Gasteiger charge is 2.22. The number of nitrogens with zero attached hydrogens (tertiary/aromatic N) is 1. The van der Waals surface area contributed by atoms with Crippen LogP contribution in [0.2, 0.25) is 0 Å². The monoisotopic (exact) mass is 271 g/mol. The minimum absolute atomic E-state index is 0.0394. The Bertz CT molecular complexity index is 633. The van der Waals surface area contributed by atoms with Crippen molar-refractivity contribution in [3.63, 3.8) is 0 Å². The lowest BCUT2D eigenvalue weighted by Crippen LogP contribution is -2.39. The number of aromatic amines is 1. The lowest BCUT2D eigenvalue weighted by Gasteiger charge is -2.12. The lowest BCUT2D eigenvalue weighted by atomic mass is 10.3. The van der Waals surface area contributed by atoms with Crippen LogP contribution >= 0.6 is 0 Å². The molecule has 0 aliphatic carbocycles. The van der Waals surface area contributed by atoms with Crippen LogP contribution in [0.4, 0.5) is 0 Å². The Hall–Kier alpha value is -1.48. The van der Waals surface area contributed by atoms with Gasteiger partial charge in [0.05, 0.1) is 19.3 Å². The number of hydrogen-bond donors (Lipinski definition) is 4. The van der Waals surface area contributed by atoms with Gasteiger partial charge in [-0.3, -0.25) is 0 Å². The Morgan fingerprint density at radius 2 is 2.11 bits per heavy atom. The van der Waals surface area contributed by atoms with Crippen molar-refractivity contribution < 1.29 is 18.6 Å². The molecule has 18 heavy (non-hydrogen) atoms. The van der Waals surface area contributed by atoms with Crippen molar-refractivity contribution in [2.24, 2.45) is 0 Å². The van der Waals surface area contributed by atoms with Crippen LogP contribution in [0.3, 0.4) is 0 Å². The fraction of sp³-hybridized carbons (Fsp3) is 0.300. The van der Waals surface area contributed by atoms with Crippen LogP contribution in [-0.4, -0.2) is 47.9 Å². The van der Waals surface area contributed by atoms with Gasteiger partial charge in [0.1, 0.15) is 10.5 Å². The van der Waals surface area contributed by atoms with Crippen LogP contribution < -0.4 is 4.72 Å². The fourth-order valence-corrected chi connectivity index (χ4v) is 2.95. The average Bonchev–Trinajstić information content (AvgIpc) is 2.80. The summed E-state index contributed by atoms with van der Waals surface area (Å²) in [7, 11) is -3.81. The predicted octanol–water partition coefficient (Wildman–Crippen LogP) is -0.806. The van der Waals surface area contributed by atoms with Crippen molar-refractivity contribution in [3.05, 3.63) is 24.5 Å². The molecule has 0 aliphatic heterocycles. The van der Waals surface area contributed by atoms with Gasteiger partial charge in [-0.1, -0.05) is 0 Å². The highest BCUT2D eigenvalue weighted by Crippen LogP contribution is 2.20. The lowest BCUT2D eigenvalue weighted by molar-refractivity contribution is 0.185. The van der Waals surface area contributed by atoms with Crippen molar-refractivity contribution >= 4 is 21.1 Å². The van der Waals surface area contributed by atoms with Gasteiger partial charge in [0.2, 0.25) is 10.0 Å². The molecule has 4 N–H and O–H groups in total. The molecule has 0 spiro atoms. The van der Waals surface area contributed by atoms with Crippen LogP contribution in [0.1, 0.15) is 0 Å². The predicted molar refractivity (Wildman–Crippen MR) is 64.4 cm³/mol. The number of rotatable bonds is 5. The summed E-state index contributed by atoms with van der Waals surface area (Å²) in [6, 6.07) is 2.34. The summed E-state index contributed by atoms with van der Waals surface area (Å²) >= 11 is 0. The zero-order chi connectivity index (χ0) is 13.2. The number of aliphatic hydroxyl groups is 2. The van der Waals surface area contributed by atoms with E-state index in [9.17, 15) is 8.42 Å². The van der Waals surface area contributed by atoms with E-state index in [1.807, 2.05) is 0 Å². The summed E-state index contributed by atoms with van der Waals surface area (Å²) in [6.07, 6.45) is 2.87. The Balaban J connectivity index is 2.41. The maximum atomic E-state index is 12.1. The van der Waals surface area contributed by atoms with Gasteiger partial charge < -0.3 is 15.2 Å². The molecule has 0 atom stereocenters. The Morgan fingerprint density at radius 1 is 1.39 bits per heavy atom. The first-order valence-electron chi connectivity index (χ1n) is 5.24. The first-order valence-corrected chi connectivity index (χ1v) is 6.73. The molecule has 2 rings (SSSR count). The Kier molecular flexibility index (Phi) is 3.62. The zero-order valence-corrected chi connectivity index (χ0v) is 10.2. The minimum Gasteiger partial charge on any atom is -0.395 e. The molecule has 0 radical (unpaired) electrons. The van der Waals surface area contributed by atoms with E-state index in [-0.39, 0.29) is 4.90 Å². The molecule has 2 aromatic heterocycles.